The van der Waals surface area contributed by atoms with Crippen molar-refractivity contribution >= 4 is 17.9 Å². The maximum atomic E-state index is 11.1. The minimum Gasteiger partial charge on any atom is -0.550 e. The monoisotopic (exact) mass is 539 g/mol. The van der Waals surface area contributed by atoms with Crippen LogP contribution in [-0.2, 0) is 14.4 Å². The standard InChI is InChI=1S/C31H57NO6/c1-2-3-4-5-6-7-8-9-10-11-12-13-14-15-16-17-18-19-20-21-25-32(26-22-29(33)34,27-23-30(35)36)28-24-31(37)38/h11-12H,2-10,13-28H2,1H3,(H2-,33,34,35,36,37,38)/b12-11+. The molecule has 0 spiro atoms. The van der Waals surface area contributed by atoms with Crippen molar-refractivity contribution in [3.05, 3.63) is 12.2 Å². The van der Waals surface area contributed by atoms with E-state index in [9.17, 15) is 19.5 Å². The second-order valence-corrected chi connectivity index (χ2v) is 11.0. The molecule has 0 bridgehead atoms. The van der Waals surface area contributed by atoms with Crippen molar-refractivity contribution in [3.8, 4) is 0 Å². The summed E-state index contributed by atoms with van der Waals surface area (Å²) in [5.41, 5.74) is 0. The van der Waals surface area contributed by atoms with E-state index in [0.717, 1.165) is 25.7 Å². The number of unbranched alkanes of at least 4 members (excludes halogenated alkanes) is 16. The number of carboxylic acid groups (broad SMARTS) is 3. The third-order valence-electron chi connectivity index (χ3n) is 7.53. The van der Waals surface area contributed by atoms with Crippen molar-refractivity contribution in [2.75, 3.05) is 26.2 Å². The van der Waals surface area contributed by atoms with Gasteiger partial charge in [0.25, 0.3) is 0 Å². The zero-order valence-corrected chi connectivity index (χ0v) is 24.3. The van der Waals surface area contributed by atoms with E-state index in [1.165, 1.54) is 89.9 Å². The van der Waals surface area contributed by atoms with E-state index in [0.29, 0.717) is 6.54 Å². The molecule has 0 saturated heterocycles. The molecule has 0 aromatic rings. The van der Waals surface area contributed by atoms with Gasteiger partial charge in [-0.2, -0.15) is 0 Å². The van der Waals surface area contributed by atoms with E-state index < -0.39 is 17.9 Å². The fourth-order valence-electron chi connectivity index (χ4n) is 5.07. The number of hydrogen-bond donors (Lipinski definition) is 2. The molecule has 0 unspecified atom stereocenters. The molecule has 0 heterocycles. The SMILES string of the molecule is CCCCCCCCCC/C=C/CCCCCCCCCC[N+](CCC(=O)[O-])(CCC(=O)O)CCC(=O)O. The summed E-state index contributed by atoms with van der Waals surface area (Å²) in [6.07, 6.45) is 26.7. The molecule has 7 nitrogen and oxygen atoms in total. The van der Waals surface area contributed by atoms with E-state index in [4.69, 9.17) is 10.2 Å². The van der Waals surface area contributed by atoms with Crippen LogP contribution < -0.4 is 5.11 Å². The molecule has 0 rings (SSSR count). The third kappa shape index (κ3) is 24.4. The van der Waals surface area contributed by atoms with Crippen LogP contribution in [-0.4, -0.2) is 58.8 Å². The lowest BCUT2D eigenvalue weighted by molar-refractivity contribution is -0.927. The number of allylic oxidation sites excluding steroid dienone is 2. The van der Waals surface area contributed by atoms with Crippen molar-refractivity contribution in [1.29, 1.82) is 0 Å². The topological polar surface area (TPSA) is 115 Å². The molecule has 0 aromatic heterocycles. The Hall–Kier alpha value is -1.89. The molecule has 0 atom stereocenters. The summed E-state index contributed by atoms with van der Waals surface area (Å²) in [6, 6.07) is 0. The van der Waals surface area contributed by atoms with Crippen LogP contribution in [0.3, 0.4) is 0 Å². The first-order valence-electron chi connectivity index (χ1n) is 15.4. The molecular weight excluding hydrogens is 482 g/mol. The van der Waals surface area contributed by atoms with Crippen LogP contribution >= 0.6 is 0 Å². The minimum atomic E-state index is -1.18. The quantitative estimate of drug-likeness (QED) is 0.0638. The molecule has 0 saturated carbocycles. The highest BCUT2D eigenvalue weighted by molar-refractivity contribution is 5.67. The summed E-state index contributed by atoms with van der Waals surface area (Å²) < 4.78 is 0.221. The maximum absolute atomic E-state index is 11.1. The summed E-state index contributed by atoms with van der Waals surface area (Å²) in [6.45, 7) is 3.60. The lowest BCUT2D eigenvalue weighted by Crippen LogP contribution is -2.53. The fourth-order valence-corrected chi connectivity index (χ4v) is 5.07. The molecule has 7 heteroatoms. The molecule has 0 aromatic carbocycles. The van der Waals surface area contributed by atoms with Crippen LogP contribution in [0.1, 0.15) is 142 Å². The second kappa shape index (κ2) is 25.4. The van der Waals surface area contributed by atoms with E-state index in [1.54, 1.807) is 0 Å². The minimum absolute atomic E-state index is 0.0962. The van der Waals surface area contributed by atoms with Crippen LogP contribution in [0.4, 0.5) is 0 Å². The Bertz CT molecular complexity index is 588. The molecule has 0 amide bonds. The highest BCUT2D eigenvalue weighted by Gasteiger charge is 2.28. The number of quaternary nitrogens is 1. The Morgan fingerprint density at radius 1 is 0.553 bits per heavy atom. The summed E-state index contributed by atoms with van der Waals surface area (Å²) in [7, 11) is 0. The molecule has 38 heavy (non-hydrogen) atoms. The lowest BCUT2D eigenvalue weighted by Gasteiger charge is -2.38. The van der Waals surface area contributed by atoms with Gasteiger partial charge in [-0.25, -0.2) is 0 Å². The van der Waals surface area contributed by atoms with Gasteiger partial charge in [0.2, 0.25) is 0 Å². The zero-order chi connectivity index (χ0) is 28.3. The molecular formula is C31H57NO6. The Morgan fingerprint density at radius 2 is 0.921 bits per heavy atom. The lowest BCUT2D eigenvalue weighted by atomic mass is 10.1. The fraction of sp³-hybridized carbons (Fsp3) is 0.839. The van der Waals surface area contributed by atoms with E-state index in [1.807, 2.05) is 0 Å². The Morgan fingerprint density at radius 3 is 1.32 bits per heavy atom. The van der Waals surface area contributed by atoms with Gasteiger partial charge in [-0.05, 0) is 38.5 Å². The van der Waals surface area contributed by atoms with Crippen LogP contribution in [0, 0.1) is 0 Å². The number of hydrogen-bond acceptors (Lipinski definition) is 4. The Labute approximate surface area is 232 Å². The average Bonchev–Trinajstić information content (AvgIpc) is 2.88. The Balaban J connectivity index is 3.93. The normalized spacial score (nSPS) is 11.8. The molecule has 0 aliphatic rings. The van der Waals surface area contributed by atoms with Crippen LogP contribution in [0.15, 0.2) is 12.2 Å². The van der Waals surface area contributed by atoms with Gasteiger partial charge in [0, 0.05) is 12.4 Å². The molecule has 0 aliphatic carbocycles. The van der Waals surface area contributed by atoms with Gasteiger partial charge in [-0.15, -0.1) is 0 Å². The first-order chi connectivity index (χ1) is 18.3. The smallest absolute Gasteiger partial charge is 0.309 e. The average molecular weight is 540 g/mol. The first-order valence-corrected chi connectivity index (χ1v) is 15.4. The summed E-state index contributed by atoms with van der Waals surface area (Å²) >= 11 is 0. The van der Waals surface area contributed by atoms with E-state index in [-0.39, 0.29) is 43.4 Å². The van der Waals surface area contributed by atoms with Crippen LogP contribution in [0.5, 0.6) is 0 Å². The molecule has 222 valence electrons. The van der Waals surface area contributed by atoms with Crippen molar-refractivity contribution in [1.82, 2.24) is 0 Å². The van der Waals surface area contributed by atoms with E-state index >= 15 is 0 Å². The summed E-state index contributed by atoms with van der Waals surface area (Å²) in [4.78, 5) is 33.3. The highest BCUT2D eigenvalue weighted by atomic mass is 16.4. The summed E-state index contributed by atoms with van der Waals surface area (Å²) in [5.74, 6) is -3.08. The van der Waals surface area contributed by atoms with Crippen LogP contribution in [0.25, 0.3) is 0 Å². The van der Waals surface area contributed by atoms with Crippen molar-refractivity contribution in [2.24, 2.45) is 0 Å². The van der Waals surface area contributed by atoms with Gasteiger partial charge in [-0.1, -0.05) is 96.1 Å². The van der Waals surface area contributed by atoms with Gasteiger partial charge in [0.15, 0.2) is 0 Å². The number of carboxylic acids is 3. The van der Waals surface area contributed by atoms with Gasteiger partial charge >= 0.3 is 11.9 Å². The molecule has 2 N–H and O–H groups in total. The predicted octanol–water partition coefficient (Wildman–Crippen LogP) is 6.49. The maximum Gasteiger partial charge on any atom is 0.309 e. The largest absolute Gasteiger partial charge is 0.550 e. The van der Waals surface area contributed by atoms with Crippen molar-refractivity contribution in [2.45, 2.75) is 142 Å². The molecule has 0 fully saturated rings. The number of nitrogens with zero attached hydrogens (tertiary/aromatic N) is 1. The number of carbonyl (C=O) groups is 3. The number of carbonyl (C=O) groups excluding carboxylic acids is 1. The summed E-state index contributed by atoms with van der Waals surface area (Å²) in [5, 5.41) is 29.2. The predicted molar refractivity (Wildman–Crippen MR) is 152 cm³/mol. The highest BCUT2D eigenvalue weighted by Crippen LogP contribution is 2.17. The second-order valence-electron chi connectivity index (χ2n) is 11.0. The Kier molecular flexibility index (Phi) is 24.1. The van der Waals surface area contributed by atoms with Gasteiger partial charge < -0.3 is 24.6 Å². The van der Waals surface area contributed by atoms with E-state index in [2.05, 4.69) is 19.1 Å². The number of aliphatic carboxylic acids is 3. The van der Waals surface area contributed by atoms with Crippen molar-refractivity contribution < 1.29 is 34.2 Å². The third-order valence-corrected chi connectivity index (χ3v) is 7.53. The van der Waals surface area contributed by atoms with Gasteiger partial charge in [0.1, 0.15) is 0 Å². The van der Waals surface area contributed by atoms with Gasteiger partial charge in [-0.3, -0.25) is 9.59 Å². The van der Waals surface area contributed by atoms with Crippen LogP contribution in [0.2, 0.25) is 0 Å². The zero-order valence-electron chi connectivity index (χ0n) is 24.3. The molecule has 0 radical (unpaired) electrons. The van der Waals surface area contributed by atoms with Gasteiger partial charge in [0.05, 0.1) is 39.0 Å². The molecule has 0 aliphatic heterocycles. The van der Waals surface area contributed by atoms with Crippen molar-refractivity contribution in [3.63, 3.8) is 0 Å². The first kappa shape index (κ1) is 36.1. The number of rotatable bonds is 29.